The van der Waals surface area contributed by atoms with Crippen LogP contribution >= 0.6 is 0 Å². The molecule has 0 fully saturated rings. The van der Waals surface area contributed by atoms with E-state index in [-0.39, 0.29) is 5.91 Å². The summed E-state index contributed by atoms with van der Waals surface area (Å²) in [7, 11) is 3.19. The number of carbonyl (C=O) groups is 1. The SMILES string of the molecule is CCCNc1ccc(NC(=O)CCc2ccc(OC)c(OC)c2)nc1. The minimum absolute atomic E-state index is 0.0726. The predicted octanol–water partition coefficient (Wildman–Crippen LogP) is 3.49. The van der Waals surface area contributed by atoms with Gasteiger partial charge in [-0.1, -0.05) is 13.0 Å². The van der Waals surface area contributed by atoms with E-state index in [4.69, 9.17) is 9.47 Å². The zero-order chi connectivity index (χ0) is 18.1. The van der Waals surface area contributed by atoms with E-state index in [1.165, 1.54) is 0 Å². The fourth-order valence-corrected chi connectivity index (χ4v) is 2.34. The molecule has 0 aliphatic rings. The van der Waals surface area contributed by atoms with E-state index in [0.29, 0.717) is 30.2 Å². The molecular weight excluding hydrogens is 318 g/mol. The second kappa shape index (κ2) is 9.52. The van der Waals surface area contributed by atoms with E-state index in [2.05, 4.69) is 22.5 Å². The fourth-order valence-electron chi connectivity index (χ4n) is 2.34. The molecule has 6 nitrogen and oxygen atoms in total. The predicted molar refractivity (Wildman–Crippen MR) is 99.5 cm³/mol. The van der Waals surface area contributed by atoms with Crippen molar-refractivity contribution in [2.24, 2.45) is 0 Å². The number of methoxy groups -OCH3 is 2. The Morgan fingerprint density at radius 1 is 1.12 bits per heavy atom. The number of rotatable bonds is 9. The van der Waals surface area contributed by atoms with Crippen LogP contribution in [-0.4, -0.2) is 31.7 Å². The summed E-state index contributed by atoms with van der Waals surface area (Å²) < 4.78 is 10.5. The number of pyridine rings is 1. The van der Waals surface area contributed by atoms with E-state index in [9.17, 15) is 4.79 Å². The molecule has 0 saturated carbocycles. The summed E-state index contributed by atoms with van der Waals surface area (Å²) in [5.74, 6) is 1.82. The van der Waals surface area contributed by atoms with Gasteiger partial charge in [0, 0.05) is 13.0 Å². The monoisotopic (exact) mass is 343 g/mol. The van der Waals surface area contributed by atoms with Crippen molar-refractivity contribution in [2.45, 2.75) is 26.2 Å². The number of aryl methyl sites for hydroxylation is 1. The average molecular weight is 343 g/mol. The molecule has 1 aromatic carbocycles. The molecule has 1 amide bonds. The van der Waals surface area contributed by atoms with E-state index >= 15 is 0 Å². The van der Waals surface area contributed by atoms with Crippen LogP contribution in [0.3, 0.4) is 0 Å². The lowest BCUT2D eigenvalue weighted by Crippen LogP contribution is -2.13. The molecule has 0 aliphatic heterocycles. The molecule has 2 N–H and O–H groups in total. The van der Waals surface area contributed by atoms with Crippen molar-refractivity contribution in [3.63, 3.8) is 0 Å². The lowest BCUT2D eigenvalue weighted by atomic mass is 10.1. The van der Waals surface area contributed by atoms with E-state index in [1.54, 1.807) is 26.5 Å². The molecule has 0 saturated heterocycles. The first kappa shape index (κ1) is 18.6. The first-order chi connectivity index (χ1) is 12.2. The smallest absolute Gasteiger partial charge is 0.225 e. The quantitative estimate of drug-likeness (QED) is 0.729. The number of ether oxygens (including phenoxy) is 2. The maximum Gasteiger partial charge on any atom is 0.225 e. The van der Waals surface area contributed by atoms with Gasteiger partial charge in [-0.3, -0.25) is 4.79 Å². The lowest BCUT2D eigenvalue weighted by Gasteiger charge is -2.10. The first-order valence-electron chi connectivity index (χ1n) is 8.37. The number of aromatic nitrogens is 1. The third-order valence-corrected chi connectivity index (χ3v) is 3.70. The molecule has 134 valence electrons. The van der Waals surface area contributed by atoms with Crippen molar-refractivity contribution in [1.29, 1.82) is 0 Å². The van der Waals surface area contributed by atoms with Gasteiger partial charge in [0.25, 0.3) is 0 Å². The number of benzene rings is 1. The van der Waals surface area contributed by atoms with Gasteiger partial charge in [0.1, 0.15) is 5.82 Å². The highest BCUT2D eigenvalue weighted by Crippen LogP contribution is 2.28. The Morgan fingerprint density at radius 2 is 1.92 bits per heavy atom. The molecule has 6 heteroatoms. The summed E-state index contributed by atoms with van der Waals surface area (Å²) in [6, 6.07) is 9.37. The zero-order valence-corrected chi connectivity index (χ0v) is 15.0. The highest BCUT2D eigenvalue weighted by molar-refractivity contribution is 5.89. The van der Waals surface area contributed by atoms with Gasteiger partial charge in [-0.25, -0.2) is 4.98 Å². The summed E-state index contributed by atoms with van der Waals surface area (Å²) in [4.78, 5) is 16.3. The maximum atomic E-state index is 12.1. The number of nitrogens with one attached hydrogen (secondary N) is 2. The third-order valence-electron chi connectivity index (χ3n) is 3.70. The molecule has 1 heterocycles. The average Bonchev–Trinajstić information content (AvgIpc) is 2.65. The van der Waals surface area contributed by atoms with E-state index in [0.717, 1.165) is 24.2 Å². The highest BCUT2D eigenvalue weighted by Gasteiger charge is 2.08. The number of hydrogen-bond donors (Lipinski definition) is 2. The maximum absolute atomic E-state index is 12.1. The number of amides is 1. The molecule has 0 aliphatic carbocycles. The highest BCUT2D eigenvalue weighted by atomic mass is 16.5. The van der Waals surface area contributed by atoms with Crippen LogP contribution in [0.25, 0.3) is 0 Å². The molecule has 0 spiro atoms. The first-order valence-corrected chi connectivity index (χ1v) is 8.37. The standard InChI is InChI=1S/C19H25N3O3/c1-4-11-20-15-7-9-18(21-13-15)22-19(23)10-6-14-5-8-16(24-2)17(12-14)25-3/h5,7-9,12-13,20H,4,6,10-11H2,1-3H3,(H,21,22,23). The molecule has 0 atom stereocenters. The summed E-state index contributed by atoms with van der Waals surface area (Å²) in [6.07, 6.45) is 3.75. The largest absolute Gasteiger partial charge is 0.493 e. The van der Waals surface area contributed by atoms with E-state index < -0.39 is 0 Å². The second-order valence-electron chi connectivity index (χ2n) is 5.60. The van der Waals surface area contributed by atoms with Crippen molar-refractivity contribution >= 4 is 17.4 Å². The molecule has 0 bridgehead atoms. The normalized spacial score (nSPS) is 10.2. The summed E-state index contributed by atoms with van der Waals surface area (Å²) >= 11 is 0. The van der Waals surface area contributed by atoms with Crippen molar-refractivity contribution in [1.82, 2.24) is 4.98 Å². The Morgan fingerprint density at radius 3 is 2.56 bits per heavy atom. The van der Waals surface area contributed by atoms with Crippen LogP contribution < -0.4 is 20.1 Å². The number of carbonyl (C=O) groups excluding carboxylic acids is 1. The topological polar surface area (TPSA) is 72.5 Å². The Hall–Kier alpha value is -2.76. The second-order valence-corrected chi connectivity index (χ2v) is 5.60. The molecular formula is C19H25N3O3. The Balaban J connectivity index is 1.86. The molecule has 0 radical (unpaired) electrons. The molecule has 2 rings (SSSR count). The van der Waals surface area contributed by atoms with E-state index in [1.807, 2.05) is 24.3 Å². The summed E-state index contributed by atoms with van der Waals surface area (Å²) in [5.41, 5.74) is 1.96. The van der Waals surface area contributed by atoms with Crippen molar-refractivity contribution in [3.8, 4) is 11.5 Å². The van der Waals surface area contributed by atoms with Crippen LogP contribution in [0.1, 0.15) is 25.3 Å². The van der Waals surface area contributed by atoms with Crippen molar-refractivity contribution in [3.05, 3.63) is 42.1 Å². The van der Waals surface area contributed by atoms with Gasteiger partial charge in [0.15, 0.2) is 11.5 Å². The van der Waals surface area contributed by atoms with Crippen LogP contribution in [0.15, 0.2) is 36.5 Å². The summed E-state index contributed by atoms with van der Waals surface area (Å²) in [5, 5.41) is 6.06. The molecule has 1 aromatic heterocycles. The molecule has 2 aromatic rings. The number of hydrogen-bond acceptors (Lipinski definition) is 5. The van der Waals surface area contributed by atoms with Crippen molar-refractivity contribution < 1.29 is 14.3 Å². The van der Waals surface area contributed by atoms with Gasteiger partial charge < -0.3 is 20.1 Å². The van der Waals surface area contributed by atoms with Gasteiger partial charge in [-0.15, -0.1) is 0 Å². The Kier molecular flexibility index (Phi) is 7.07. The van der Waals surface area contributed by atoms with Gasteiger partial charge in [-0.2, -0.15) is 0 Å². The number of nitrogens with zero attached hydrogens (tertiary/aromatic N) is 1. The minimum Gasteiger partial charge on any atom is -0.493 e. The molecule has 0 unspecified atom stereocenters. The van der Waals surface area contributed by atoms with Crippen LogP contribution in [-0.2, 0) is 11.2 Å². The minimum atomic E-state index is -0.0726. The fraction of sp³-hybridized carbons (Fsp3) is 0.368. The van der Waals surface area contributed by atoms with Crippen molar-refractivity contribution in [2.75, 3.05) is 31.4 Å². The third kappa shape index (κ3) is 5.67. The Labute approximate surface area is 148 Å². The summed E-state index contributed by atoms with van der Waals surface area (Å²) in [6.45, 7) is 3.01. The number of anilines is 2. The van der Waals surface area contributed by atoms with Crippen LogP contribution in [0.5, 0.6) is 11.5 Å². The van der Waals surface area contributed by atoms with Gasteiger partial charge in [0.2, 0.25) is 5.91 Å². The van der Waals surface area contributed by atoms with Gasteiger partial charge in [-0.05, 0) is 42.7 Å². The van der Waals surface area contributed by atoms with Crippen LogP contribution in [0.2, 0.25) is 0 Å². The molecule has 25 heavy (non-hydrogen) atoms. The van der Waals surface area contributed by atoms with Crippen LogP contribution in [0, 0.1) is 0 Å². The Bertz CT molecular complexity index is 687. The van der Waals surface area contributed by atoms with Gasteiger partial charge >= 0.3 is 0 Å². The van der Waals surface area contributed by atoms with Gasteiger partial charge in [0.05, 0.1) is 26.1 Å². The van der Waals surface area contributed by atoms with Crippen LogP contribution in [0.4, 0.5) is 11.5 Å². The lowest BCUT2D eigenvalue weighted by molar-refractivity contribution is -0.116. The zero-order valence-electron chi connectivity index (χ0n) is 15.0.